The number of ether oxygens (including phenoxy) is 1. The van der Waals surface area contributed by atoms with E-state index in [4.69, 9.17) is 27.9 Å². The van der Waals surface area contributed by atoms with E-state index in [1.165, 1.54) is 0 Å². The molecule has 2 rings (SSSR count). The Balaban J connectivity index is 2.25. The van der Waals surface area contributed by atoms with Crippen molar-refractivity contribution in [1.29, 1.82) is 0 Å². The molecule has 0 spiro atoms. The topological polar surface area (TPSA) is 34.1 Å². The Bertz CT molecular complexity index is 654. The van der Waals surface area contributed by atoms with Crippen LogP contribution in [0.4, 0.5) is 5.69 Å². The van der Waals surface area contributed by atoms with Gasteiger partial charge in [0, 0.05) is 21.8 Å². The number of hydrogen-bond acceptors (Lipinski definition) is 3. The monoisotopic (exact) mass is 388 g/mol. The number of aryl methyl sites for hydroxylation is 1. The minimum atomic E-state index is 0.517. The second kappa shape index (κ2) is 6.86. The zero-order chi connectivity index (χ0) is 15.6. The predicted molar refractivity (Wildman–Crippen MR) is 91.8 cm³/mol. The average Bonchev–Trinajstić information content (AvgIpc) is 2.40. The van der Waals surface area contributed by atoms with Gasteiger partial charge < -0.3 is 10.1 Å². The second-order valence-electron chi connectivity index (χ2n) is 4.64. The molecule has 0 aliphatic heterocycles. The number of pyridine rings is 1. The van der Waals surface area contributed by atoms with E-state index in [0.717, 1.165) is 27.0 Å². The smallest absolute Gasteiger partial charge is 0.128 e. The first kappa shape index (κ1) is 16.4. The Morgan fingerprint density at radius 3 is 2.43 bits per heavy atom. The van der Waals surface area contributed by atoms with Crippen LogP contribution in [0.15, 0.2) is 22.8 Å². The van der Waals surface area contributed by atoms with Gasteiger partial charge in [0.2, 0.25) is 0 Å². The maximum atomic E-state index is 6.20. The summed E-state index contributed by atoms with van der Waals surface area (Å²) in [4.78, 5) is 4.44. The second-order valence-corrected chi connectivity index (χ2v) is 6.37. The van der Waals surface area contributed by atoms with Crippen LogP contribution in [0, 0.1) is 13.8 Å². The molecule has 0 saturated carbocycles. The molecule has 0 aliphatic rings. The number of halogens is 3. The summed E-state index contributed by atoms with van der Waals surface area (Å²) in [6.07, 6.45) is 1.80. The number of benzene rings is 1. The Kier molecular flexibility index (Phi) is 5.36. The van der Waals surface area contributed by atoms with Crippen LogP contribution in [-0.2, 0) is 6.54 Å². The largest absolute Gasteiger partial charge is 0.496 e. The fraction of sp³-hybridized carbons (Fsp3) is 0.267. The average molecular weight is 390 g/mol. The third kappa shape index (κ3) is 3.62. The van der Waals surface area contributed by atoms with Crippen molar-refractivity contribution in [2.45, 2.75) is 20.4 Å². The van der Waals surface area contributed by atoms with Crippen molar-refractivity contribution in [3.8, 4) is 5.75 Å². The van der Waals surface area contributed by atoms with Crippen LogP contribution in [0.2, 0.25) is 10.0 Å². The van der Waals surface area contributed by atoms with E-state index in [-0.39, 0.29) is 0 Å². The highest BCUT2D eigenvalue weighted by atomic mass is 79.9. The molecule has 2 aromatic rings. The molecule has 0 aliphatic carbocycles. The van der Waals surface area contributed by atoms with Gasteiger partial charge in [0.05, 0.1) is 35.1 Å². The third-order valence-electron chi connectivity index (χ3n) is 3.19. The molecule has 1 aromatic carbocycles. The molecule has 0 atom stereocenters. The standard InChI is InChI=1S/C15H15BrCl2N2O/c1-8-6-19-13(9(2)15(8)21-3)7-20-14-11(17)4-10(16)5-12(14)18/h4-6,20H,7H2,1-3H3. The molecule has 1 aromatic heterocycles. The molecule has 3 nitrogen and oxygen atoms in total. The zero-order valence-electron chi connectivity index (χ0n) is 11.9. The van der Waals surface area contributed by atoms with E-state index in [0.29, 0.717) is 22.3 Å². The molecular weight excluding hydrogens is 375 g/mol. The quantitative estimate of drug-likeness (QED) is 0.761. The summed E-state index contributed by atoms with van der Waals surface area (Å²) < 4.78 is 6.25. The number of rotatable bonds is 4. The number of nitrogens with one attached hydrogen (secondary N) is 1. The predicted octanol–water partition coefficient (Wildman–Crippen LogP) is 5.39. The van der Waals surface area contributed by atoms with Gasteiger partial charge in [-0.2, -0.15) is 0 Å². The van der Waals surface area contributed by atoms with Gasteiger partial charge in [-0.05, 0) is 26.0 Å². The molecule has 1 N–H and O–H groups in total. The summed E-state index contributed by atoms with van der Waals surface area (Å²) in [7, 11) is 1.66. The highest BCUT2D eigenvalue weighted by Gasteiger charge is 2.11. The molecule has 0 amide bonds. The lowest BCUT2D eigenvalue weighted by molar-refractivity contribution is 0.407. The van der Waals surface area contributed by atoms with E-state index < -0.39 is 0 Å². The SMILES string of the molecule is COc1c(C)cnc(CNc2c(Cl)cc(Br)cc2Cl)c1C. The Hall–Kier alpha value is -0.970. The molecule has 0 saturated heterocycles. The van der Waals surface area contributed by atoms with Gasteiger partial charge in [-0.1, -0.05) is 39.1 Å². The van der Waals surface area contributed by atoms with E-state index in [1.807, 2.05) is 13.8 Å². The Morgan fingerprint density at radius 1 is 1.24 bits per heavy atom. The van der Waals surface area contributed by atoms with Gasteiger partial charge in [0.25, 0.3) is 0 Å². The van der Waals surface area contributed by atoms with Crippen molar-refractivity contribution in [3.05, 3.63) is 49.7 Å². The summed E-state index contributed by atoms with van der Waals surface area (Å²) in [5.74, 6) is 0.856. The normalized spacial score (nSPS) is 10.6. The van der Waals surface area contributed by atoms with Crippen LogP contribution in [0.25, 0.3) is 0 Å². The van der Waals surface area contributed by atoms with Crippen molar-refractivity contribution in [2.75, 3.05) is 12.4 Å². The van der Waals surface area contributed by atoms with Gasteiger partial charge in [0.1, 0.15) is 5.75 Å². The van der Waals surface area contributed by atoms with Gasteiger partial charge >= 0.3 is 0 Å². The van der Waals surface area contributed by atoms with Crippen LogP contribution in [-0.4, -0.2) is 12.1 Å². The van der Waals surface area contributed by atoms with Gasteiger partial charge in [-0.25, -0.2) is 0 Å². The maximum Gasteiger partial charge on any atom is 0.128 e. The molecular formula is C15H15BrCl2N2O. The van der Waals surface area contributed by atoms with Crippen molar-refractivity contribution in [3.63, 3.8) is 0 Å². The first-order valence-electron chi connectivity index (χ1n) is 6.31. The maximum absolute atomic E-state index is 6.20. The molecule has 112 valence electrons. The summed E-state index contributed by atoms with van der Waals surface area (Å²) >= 11 is 15.8. The van der Waals surface area contributed by atoms with Crippen LogP contribution >= 0.6 is 39.1 Å². The van der Waals surface area contributed by atoms with Crippen LogP contribution < -0.4 is 10.1 Å². The minimum Gasteiger partial charge on any atom is -0.496 e. The fourth-order valence-electron chi connectivity index (χ4n) is 2.13. The van der Waals surface area contributed by atoms with E-state index in [1.54, 1.807) is 25.4 Å². The number of anilines is 1. The van der Waals surface area contributed by atoms with Crippen LogP contribution in [0.3, 0.4) is 0 Å². The van der Waals surface area contributed by atoms with Gasteiger partial charge in [0.15, 0.2) is 0 Å². The fourth-order valence-corrected chi connectivity index (χ4v) is 3.47. The highest BCUT2D eigenvalue weighted by Crippen LogP contribution is 2.34. The summed E-state index contributed by atoms with van der Waals surface area (Å²) in [6, 6.07) is 3.59. The van der Waals surface area contributed by atoms with Crippen molar-refractivity contribution in [2.24, 2.45) is 0 Å². The van der Waals surface area contributed by atoms with Crippen LogP contribution in [0.1, 0.15) is 16.8 Å². The first-order chi connectivity index (χ1) is 9.93. The Labute approximate surface area is 142 Å². The highest BCUT2D eigenvalue weighted by molar-refractivity contribution is 9.10. The number of methoxy groups -OCH3 is 1. The molecule has 0 unspecified atom stereocenters. The molecule has 6 heteroatoms. The van der Waals surface area contributed by atoms with Crippen molar-refractivity contribution >= 4 is 44.8 Å². The molecule has 0 radical (unpaired) electrons. The summed E-state index contributed by atoms with van der Waals surface area (Å²) in [5.41, 5.74) is 3.61. The lowest BCUT2D eigenvalue weighted by Gasteiger charge is -2.15. The summed E-state index contributed by atoms with van der Waals surface area (Å²) in [6.45, 7) is 4.47. The molecule has 0 bridgehead atoms. The van der Waals surface area contributed by atoms with E-state index >= 15 is 0 Å². The van der Waals surface area contributed by atoms with Crippen LogP contribution in [0.5, 0.6) is 5.75 Å². The zero-order valence-corrected chi connectivity index (χ0v) is 15.0. The van der Waals surface area contributed by atoms with Crippen molar-refractivity contribution < 1.29 is 4.74 Å². The first-order valence-corrected chi connectivity index (χ1v) is 7.86. The molecule has 0 fully saturated rings. The number of aromatic nitrogens is 1. The lowest BCUT2D eigenvalue weighted by atomic mass is 10.1. The third-order valence-corrected chi connectivity index (χ3v) is 4.24. The molecule has 1 heterocycles. The van der Waals surface area contributed by atoms with E-state index in [2.05, 4.69) is 26.2 Å². The van der Waals surface area contributed by atoms with E-state index in [9.17, 15) is 0 Å². The van der Waals surface area contributed by atoms with Gasteiger partial charge in [-0.3, -0.25) is 4.98 Å². The number of hydrogen-bond donors (Lipinski definition) is 1. The Morgan fingerprint density at radius 2 is 1.86 bits per heavy atom. The van der Waals surface area contributed by atoms with Gasteiger partial charge in [-0.15, -0.1) is 0 Å². The minimum absolute atomic E-state index is 0.517. The lowest BCUT2D eigenvalue weighted by Crippen LogP contribution is -2.06. The molecule has 21 heavy (non-hydrogen) atoms. The summed E-state index contributed by atoms with van der Waals surface area (Å²) in [5, 5.41) is 4.36. The van der Waals surface area contributed by atoms with Crippen molar-refractivity contribution in [1.82, 2.24) is 4.98 Å². The number of nitrogens with zero attached hydrogens (tertiary/aromatic N) is 1.